The quantitative estimate of drug-likeness (QED) is 0.693. The number of nitrogens with one attached hydrogen (secondary N) is 1. The number of nitrogens with zero attached hydrogens (tertiary/aromatic N) is 2. The number of carbonyl (C=O) groups is 2. The van der Waals surface area contributed by atoms with E-state index in [9.17, 15) is 9.59 Å². The van der Waals surface area contributed by atoms with Gasteiger partial charge in [0.1, 0.15) is 22.4 Å². The molecule has 0 spiro atoms. The van der Waals surface area contributed by atoms with Crippen LogP contribution in [0.3, 0.4) is 0 Å². The fourth-order valence-corrected chi connectivity index (χ4v) is 4.47. The fraction of sp³-hybridized carbons (Fsp3) is 0.348. The lowest BCUT2D eigenvalue weighted by Crippen LogP contribution is -2.33. The average molecular weight is 442 g/mol. The minimum absolute atomic E-state index is 0.0755. The zero-order valence-corrected chi connectivity index (χ0v) is 19.2. The first-order chi connectivity index (χ1) is 14.9. The number of hydrogen-bond acceptors (Lipinski definition) is 6. The van der Waals surface area contributed by atoms with Gasteiger partial charge >= 0.3 is 0 Å². The van der Waals surface area contributed by atoms with Crippen molar-refractivity contribution in [3.8, 4) is 11.5 Å². The number of hydrogen-bond donors (Lipinski definition) is 1. The molecule has 3 rings (SSSR count). The third-order valence-corrected chi connectivity index (χ3v) is 6.36. The Morgan fingerprint density at radius 1 is 1.19 bits per heavy atom. The number of thioether (sulfide) groups is 1. The summed E-state index contributed by atoms with van der Waals surface area (Å²) in [5.41, 5.74) is 3.48. The fourth-order valence-electron chi connectivity index (χ4n) is 3.25. The number of rotatable bonds is 7. The number of amides is 2. The van der Waals surface area contributed by atoms with Crippen LogP contribution in [0.2, 0.25) is 0 Å². The number of methoxy groups -OCH3 is 2. The van der Waals surface area contributed by atoms with E-state index in [1.165, 1.54) is 11.8 Å². The van der Waals surface area contributed by atoms with Crippen molar-refractivity contribution < 1.29 is 19.1 Å². The van der Waals surface area contributed by atoms with Crippen LogP contribution < -0.4 is 14.8 Å². The van der Waals surface area contributed by atoms with E-state index < -0.39 is 5.25 Å². The van der Waals surface area contributed by atoms with Crippen molar-refractivity contribution in [2.75, 3.05) is 26.1 Å². The Morgan fingerprint density at radius 2 is 1.97 bits per heavy atom. The van der Waals surface area contributed by atoms with Crippen LogP contribution >= 0.6 is 11.8 Å². The lowest BCUT2D eigenvalue weighted by molar-refractivity contribution is -0.128. The van der Waals surface area contributed by atoms with Crippen LogP contribution in [-0.2, 0) is 9.59 Å². The average Bonchev–Trinajstić information content (AvgIpc) is 3.05. The lowest BCUT2D eigenvalue weighted by Gasteiger charge is -2.14. The third kappa shape index (κ3) is 5.02. The first-order valence-corrected chi connectivity index (χ1v) is 10.9. The second kappa shape index (κ2) is 9.87. The van der Waals surface area contributed by atoms with Crippen molar-refractivity contribution in [3.63, 3.8) is 0 Å². The SMILES string of the molecule is CCN1C(=O)[C@@H](CC(=O)Nc2cccc(C)c2C)SC1=Nc1ccc(OC)cc1OC. The van der Waals surface area contributed by atoms with Gasteiger partial charge in [-0.15, -0.1) is 0 Å². The van der Waals surface area contributed by atoms with Crippen LogP contribution in [0.1, 0.15) is 24.5 Å². The maximum atomic E-state index is 12.9. The summed E-state index contributed by atoms with van der Waals surface area (Å²) in [6, 6.07) is 11.1. The van der Waals surface area contributed by atoms with E-state index in [0.29, 0.717) is 28.9 Å². The summed E-state index contributed by atoms with van der Waals surface area (Å²) in [4.78, 5) is 31.8. The number of aryl methyl sites for hydroxylation is 1. The predicted molar refractivity (Wildman–Crippen MR) is 125 cm³/mol. The summed E-state index contributed by atoms with van der Waals surface area (Å²) in [5.74, 6) is 0.894. The maximum absolute atomic E-state index is 12.9. The largest absolute Gasteiger partial charge is 0.497 e. The molecule has 2 aromatic rings. The molecule has 0 radical (unpaired) electrons. The van der Waals surface area contributed by atoms with E-state index in [-0.39, 0.29) is 18.2 Å². The van der Waals surface area contributed by atoms with Crippen LogP contribution in [0, 0.1) is 13.8 Å². The Kier molecular flexibility index (Phi) is 7.22. The van der Waals surface area contributed by atoms with E-state index in [2.05, 4.69) is 10.3 Å². The molecule has 31 heavy (non-hydrogen) atoms. The minimum Gasteiger partial charge on any atom is -0.497 e. The highest BCUT2D eigenvalue weighted by Crippen LogP contribution is 2.36. The van der Waals surface area contributed by atoms with Crippen molar-refractivity contribution in [3.05, 3.63) is 47.5 Å². The number of benzene rings is 2. The van der Waals surface area contributed by atoms with Gasteiger partial charge < -0.3 is 14.8 Å². The van der Waals surface area contributed by atoms with Gasteiger partial charge in [-0.1, -0.05) is 23.9 Å². The third-order valence-electron chi connectivity index (χ3n) is 5.19. The van der Waals surface area contributed by atoms with Crippen molar-refractivity contribution in [2.45, 2.75) is 32.4 Å². The number of carbonyl (C=O) groups excluding carboxylic acids is 2. The minimum atomic E-state index is -0.520. The molecule has 1 saturated heterocycles. The molecule has 1 N–H and O–H groups in total. The van der Waals surface area contributed by atoms with Crippen LogP contribution in [0.15, 0.2) is 41.4 Å². The summed E-state index contributed by atoms with van der Waals surface area (Å²) < 4.78 is 10.6. The van der Waals surface area contributed by atoms with Crippen LogP contribution in [-0.4, -0.2) is 47.9 Å². The maximum Gasteiger partial charge on any atom is 0.242 e. The van der Waals surface area contributed by atoms with Gasteiger partial charge in [0, 0.05) is 24.7 Å². The normalized spacial score (nSPS) is 17.2. The van der Waals surface area contributed by atoms with Gasteiger partial charge in [-0.2, -0.15) is 0 Å². The molecule has 1 atom stereocenters. The molecule has 1 aliphatic heterocycles. The molecule has 1 heterocycles. The standard InChI is InChI=1S/C23H27N3O4S/c1-6-26-22(28)20(13-21(27)24-17-9-7-8-14(2)15(17)3)31-23(26)25-18-11-10-16(29-4)12-19(18)30-5/h7-12,20H,6,13H2,1-5H3,(H,24,27)/t20-/m1/s1. The molecular weight excluding hydrogens is 414 g/mol. The number of amidine groups is 1. The summed E-state index contributed by atoms with van der Waals surface area (Å²) >= 11 is 1.30. The first-order valence-electron chi connectivity index (χ1n) is 10.0. The molecule has 164 valence electrons. The van der Waals surface area contributed by atoms with E-state index in [0.717, 1.165) is 16.8 Å². The van der Waals surface area contributed by atoms with Crippen LogP contribution in [0.5, 0.6) is 11.5 Å². The van der Waals surface area contributed by atoms with Gasteiger partial charge in [-0.25, -0.2) is 4.99 Å². The smallest absolute Gasteiger partial charge is 0.242 e. The molecule has 0 unspecified atom stereocenters. The molecular formula is C23H27N3O4S. The monoisotopic (exact) mass is 441 g/mol. The molecule has 7 nitrogen and oxygen atoms in total. The van der Waals surface area contributed by atoms with Crippen LogP contribution in [0.25, 0.3) is 0 Å². The summed E-state index contributed by atoms with van der Waals surface area (Å²) in [6.07, 6.45) is 0.0755. The Balaban J connectivity index is 1.77. The van der Waals surface area contributed by atoms with Crippen molar-refractivity contribution in [1.82, 2.24) is 4.90 Å². The Morgan fingerprint density at radius 3 is 2.65 bits per heavy atom. The molecule has 2 amide bonds. The van der Waals surface area contributed by atoms with Crippen molar-refractivity contribution in [2.24, 2.45) is 4.99 Å². The predicted octanol–water partition coefficient (Wildman–Crippen LogP) is 4.30. The molecule has 0 aliphatic carbocycles. The molecule has 0 saturated carbocycles. The van der Waals surface area contributed by atoms with Crippen LogP contribution in [0.4, 0.5) is 11.4 Å². The van der Waals surface area contributed by atoms with Gasteiger partial charge in [0.2, 0.25) is 11.8 Å². The highest BCUT2D eigenvalue weighted by atomic mass is 32.2. The topological polar surface area (TPSA) is 80.2 Å². The molecule has 8 heteroatoms. The van der Waals surface area contributed by atoms with E-state index in [1.807, 2.05) is 39.0 Å². The van der Waals surface area contributed by atoms with E-state index >= 15 is 0 Å². The Hall–Kier alpha value is -3.00. The molecule has 0 aromatic heterocycles. The summed E-state index contributed by atoms with van der Waals surface area (Å²) in [6.45, 7) is 6.32. The van der Waals surface area contributed by atoms with Crippen molar-refractivity contribution >= 4 is 40.1 Å². The number of anilines is 1. The highest BCUT2D eigenvalue weighted by molar-refractivity contribution is 8.15. The molecule has 2 aromatic carbocycles. The zero-order valence-electron chi connectivity index (χ0n) is 18.4. The zero-order chi connectivity index (χ0) is 22.5. The van der Waals surface area contributed by atoms with E-state index in [4.69, 9.17) is 9.47 Å². The van der Waals surface area contributed by atoms with Gasteiger partial charge in [0.25, 0.3) is 0 Å². The van der Waals surface area contributed by atoms with Gasteiger partial charge in [-0.05, 0) is 50.1 Å². The van der Waals surface area contributed by atoms with Gasteiger partial charge in [-0.3, -0.25) is 14.5 Å². The second-order valence-electron chi connectivity index (χ2n) is 7.12. The van der Waals surface area contributed by atoms with Gasteiger partial charge in [0.05, 0.1) is 14.2 Å². The van der Waals surface area contributed by atoms with E-state index in [1.54, 1.807) is 37.3 Å². The lowest BCUT2D eigenvalue weighted by atomic mass is 10.1. The number of ether oxygens (including phenoxy) is 2. The Bertz CT molecular complexity index is 1020. The first kappa shape index (κ1) is 22.7. The Labute approximate surface area is 186 Å². The van der Waals surface area contributed by atoms with Crippen molar-refractivity contribution in [1.29, 1.82) is 0 Å². The van der Waals surface area contributed by atoms with Gasteiger partial charge in [0.15, 0.2) is 5.17 Å². The number of aliphatic imine (C=N–C) groups is 1. The molecule has 1 aliphatic rings. The highest BCUT2D eigenvalue weighted by Gasteiger charge is 2.38. The summed E-state index contributed by atoms with van der Waals surface area (Å²) in [7, 11) is 3.14. The summed E-state index contributed by atoms with van der Waals surface area (Å²) in [5, 5.41) is 2.97. The second-order valence-corrected chi connectivity index (χ2v) is 8.29. The molecule has 0 bridgehead atoms. The molecule has 1 fully saturated rings.